The molecule has 8 rings (SSSR count). The number of halogens is 5. The summed E-state index contributed by atoms with van der Waals surface area (Å²) in [6, 6.07) is 11.9. The van der Waals surface area contributed by atoms with Gasteiger partial charge in [0.2, 0.25) is 11.8 Å². The van der Waals surface area contributed by atoms with E-state index in [9.17, 15) is 37.6 Å². The standard InChI is InChI=1S/C39H36F5N9O4/c40-38(41)20-51(14-13-26(38)25-3-1-5-30-34(25)49-37(57)53(30)31-11-12-33(54)48-36(31)56)18-21-7-9-24(10-8-21)52-19-23-16-28(22(17-45)15-29(23)50-52)47-35(55)27-4-2-6-32(46-27)39(42,43)44/h1-6,15-16,19,21,24,26,31H,7-14,18,20H2,(H,47,55)(H,49,57)(H,48,54,56). The van der Waals surface area contributed by atoms with Crippen LogP contribution in [0, 0.1) is 17.2 Å². The molecule has 0 radical (unpaired) electrons. The van der Waals surface area contributed by atoms with Gasteiger partial charge in [0.25, 0.3) is 11.8 Å². The molecular weight excluding hydrogens is 753 g/mol. The van der Waals surface area contributed by atoms with E-state index in [1.807, 2.05) is 6.07 Å². The average Bonchev–Trinajstić information content (AvgIpc) is 3.74. The highest BCUT2D eigenvalue weighted by Gasteiger charge is 2.47. The molecule has 5 aromatic rings. The Morgan fingerprint density at radius 1 is 1.02 bits per heavy atom. The zero-order chi connectivity index (χ0) is 40.2. The molecule has 1 saturated carbocycles. The number of aromatic nitrogens is 5. The Kier molecular flexibility index (Phi) is 9.66. The molecular formula is C39H36F5N9O4. The van der Waals surface area contributed by atoms with Crippen molar-refractivity contribution in [3.8, 4) is 6.07 Å². The number of benzene rings is 2. The minimum absolute atomic E-state index is 0.00818. The molecule has 2 unspecified atom stereocenters. The molecule has 0 bridgehead atoms. The number of imide groups is 1. The van der Waals surface area contributed by atoms with Crippen LogP contribution in [0.2, 0.25) is 0 Å². The van der Waals surface area contributed by atoms with Crippen molar-refractivity contribution in [1.29, 1.82) is 5.26 Å². The number of pyridine rings is 1. The summed E-state index contributed by atoms with van der Waals surface area (Å²) in [5.74, 6) is -6.00. The minimum atomic E-state index is -4.73. The number of imidazole rings is 1. The lowest BCUT2D eigenvalue weighted by Gasteiger charge is -2.41. The van der Waals surface area contributed by atoms with Gasteiger partial charge in [0.15, 0.2) is 0 Å². The number of H-pyrrole nitrogens is 1. The highest BCUT2D eigenvalue weighted by atomic mass is 19.4. The summed E-state index contributed by atoms with van der Waals surface area (Å²) < 4.78 is 74.5. The molecule has 57 heavy (non-hydrogen) atoms. The predicted octanol–water partition coefficient (Wildman–Crippen LogP) is 6.05. The van der Waals surface area contributed by atoms with Gasteiger partial charge < -0.3 is 10.3 Å². The zero-order valence-electron chi connectivity index (χ0n) is 30.3. The van der Waals surface area contributed by atoms with E-state index in [4.69, 9.17) is 0 Å². The van der Waals surface area contributed by atoms with Crippen LogP contribution in [0.1, 0.15) is 90.3 Å². The van der Waals surface area contributed by atoms with Crippen LogP contribution in [-0.2, 0) is 15.8 Å². The van der Waals surface area contributed by atoms with Crippen LogP contribution >= 0.6 is 0 Å². The van der Waals surface area contributed by atoms with E-state index >= 15 is 8.78 Å². The first-order valence-electron chi connectivity index (χ1n) is 18.6. The number of rotatable bonds is 7. The van der Waals surface area contributed by atoms with Gasteiger partial charge in [-0.2, -0.15) is 23.5 Å². The fourth-order valence-electron chi connectivity index (χ4n) is 8.58. The molecule has 2 saturated heterocycles. The first-order valence-corrected chi connectivity index (χ1v) is 18.6. The van der Waals surface area contributed by atoms with E-state index in [0.29, 0.717) is 35.1 Å². The molecule has 1 aliphatic carbocycles. The van der Waals surface area contributed by atoms with Crippen molar-refractivity contribution in [3.05, 3.63) is 87.7 Å². The third-order valence-electron chi connectivity index (χ3n) is 11.4. The van der Waals surface area contributed by atoms with E-state index in [2.05, 4.69) is 25.7 Å². The van der Waals surface area contributed by atoms with Crippen molar-refractivity contribution < 1.29 is 36.3 Å². The zero-order valence-corrected chi connectivity index (χ0v) is 30.3. The molecule has 3 aliphatic rings. The number of hydrogen-bond acceptors (Lipinski definition) is 8. The molecule has 2 aromatic carbocycles. The number of carbonyl (C=O) groups is 3. The smallest absolute Gasteiger partial charge is 0.319 e. The highest BCUT2D eigenvalue weighted by molar-refractivity contribution is 6.05. The summed E-state index contributed by atoms with van der Waals surface area (Å²) in [6.45, 7) is 0.488. The lowest BCUT2D eigenvalue weighted by Crippen LogP contribution is -2.49. The first kappa shape index (κ1) is 37.9. The molecule has 3 N–H and O–H groups in total. The van der Waals surface area contributed by atoms with E-state index in [0.717, 1.165) is 43.9 Å². The maximum atomic E-state index is 16.0. The van der Waals surface area contributed by atoms with Crippen LogP contribution in [0.3, 0.4) is 0 Å². The Bertz CT molecular complexity index is 2510. The summed E-state index contributed by atoms with van der Waals surface area (Å²) in [5.41, 5.74) is -0.649. The third kappa shape index (κ3) is 7.39. The maximum absolute atomic E-state index is 16.0. The number of amides is 3. The van der Waals surface area contributed by atoms with Crippen molar-refractivity contribution in [1.82, 2.24) is 34.5 Å². The van der Waals surface area contributed by atoms with Crippen LogP contribution in [0.25, 0.3) is 21.9 Å². The van der Waals surface area contributed by atoms with Crippen LogP contribution < -0.4 is 16.3 Å². The van der Waals surface area contributed by atoms with E-state index in [-0.39, 0.29) is 48.0 Å². The molecule has 2 aliphatic heterocycles. The lowest BCUT2D eigenvalue weighted by molar-refractivity contribution is -0.141. The Balaban J connectivity index is 0.899. The number of fused-ring (bicyclic) bond motifs is 2. The minimum Gasteiger partial charge on any atom is -0.319 e. The number of nitrogens with zero attached hydrogens (tertiary/aromatic N) is 6. The lowest BCUT2D eigenvalue weighted by atomic mass is 9.83. The number of para-hydroxylation sites is 1. The van der Waals surface area contributed by atoms with Crippen molar-refractivity contribution >= 4 is 45.3 Å². The van der Waals surface area contributed by atoms with Gasteiger partial charge in [-0.15, -0.1) is 0 Å². The second kappa shape index (κ2) is 14.5. The molecule has 5 heterocycles. The molecule has 18 heteroatoms. The number of nitriles is 1. The van der Waals surface area contributed by atoms with Crippen LogP contribution in [0.4, 0.5) is 27.6 Å². The molecule has 3 amide bonds. The summed E-state index contributed by atoms with van der Waals surface area (Å²) in [4.78, 5) is 58.0. The van der Waals surface area contributed by atoms with Crippen molar-refractivity contribution in [2.24, 2.45) is 5.92 Å². The number of alkyl halides is 5. The number of hydrogen-bond donors (Lipinski definition) is 3. The summed E-state index contributed by atoms with van der Waals surface area (Å²) in [7, 11) is 0. The van der Waals surface area contributed by atoms with E-state index < -0.39 is 65.4 Å². The highest BCUT2D eigenvalue weighted by Crippen LogP contribution is 2.43. The van der Waals surface area contributed by atoms with Crippen molar-refractivity contribution in [3.63, 3.8) is 0 Å². The Morgan fingerprint density at radius 2 is 1.79 bits per heavy atom. The number of carbonyl (C=O) groups excluding carboxylic acids is 3. The fourth-order valence-corrected chi connectivity index (χ4v) is 8.58. The van der Waals surface area contributed by atoms with Gasteiger partial charge in [0.05, 0.1) is 46.3 Å². The van der Waals surface area contributed by atoms with Crippen LogP contribution in [0.5, 0.6) is 0 Å². The van der Waals surface area contributed by atoms with Crippen LogP contribution in [-0.4, -0.2) is 72.5 Å². The summed E-state index contributed by atoms with van der Waals surface area (Å²) in [6.07, 6.45) is 0.448. The first-order chi connectivity index (χ1) is 27.2. The molecule has 3 fully saturated rings. The number of likely N-dealkylation sites (tertiary alicyclic amines) is 1. The molecule has 3 aromatic heterocycles. The normalized spacial score (nSPS) is 23.0. The largest absolute Gasteiger partial charge is 0.433 e. The Labute approximate surface area is 320 Å². The second-order valence-corrected chi connectivity index (χ2v) is 15.1. The monoisotopic (exact) mass is 789 g/mol. The average molecular weight is 790 g/mol. The van der Waals surface area contributed by atoms with E-state index in [1.165, 1.54) is 10.6 Å². The summed E-state index contributed by atoms with van der Waals surface area (Å²) >= 11 is 0. The number of aromatic amines is 1. The quantitative estimate of drug-likeness (QED) is 0.132. The maximum Gasteiger partial charge on any atom is 0.433 e. The fraction of sp³-hybridized carbons (Fsp3) is 0.410. The van der Waals surface area contributed by atoms with Gasteiger partial charge in [-0.25, -0.2) is 18.6 Å². The van der Waals surface area contributed by atoms with E-state index in [1.54, 1.807) is 40.0 Å². The molecule has 2 atom stereocenters. The second-order valence-electron chi connectivity index (χ2n) is 15.1. The molecule has 13 nitrogen and oxygen atoms in total. The van der Waals surface area contributed by atoms with Gasteiger partial charge in [0.1, 0.15) is 23.5 Å². The van der Waals surface area contributed by atoms with Crippen molar-refractivity contribution in [2.75, 3.05) is 25.0 Å². The van der Waals surface area contributed by atoms with Gasteiger partial charge in [-0.05, 0) is 86.9 Å². The third-order valence-corrected chi connectivity index (χ3v) is 11.4. The van der Waals surface area contributed by atoms with Gasteiger partial charge in [-0.1, -0.05) is 18.2 Å². The van der Waals surface area contributed by atoms with Gasteiger partial charge in [0, 0.05) is 24.5 Å². The van der Waals surface area contributed by atoms with Crippen molar-refractivity contribution in [2.45, 2.75) is 75.0 Å². The number of nitrogens with one attached hydrogen (secondary N) is 3. The van der Waals surface area contributed by atoms with Gasteiger partial charge in [-0.3, -0.25) is 33.8 Å². The molecule has 296 valence electrons. The Hall–Kier alpha value is -5.96. The Morgan fingerprint density at radius 3 is 2.51 bits per heavy atom. The SMILES string of the molecule is N#Cc1cc2nn(C3CCC(CN4CCC(c5cccc6c5[nH]c(=O)n6C5CCC(=O)NC5=O)C(F)(F)C4)CC3)cc2cc1NC(=O)c1cccc(C(F)(F)F)n1. The van der Waals surface area contributed by atoms with Crippen LogP contribution in [0.15, 0.2) is 59.5 Å². The summed E-state index contributed by atoms with van der Waals surface area (Å²) in [5, 5.41) is 19.8. The topological polar surface area (TPSA) is 171 Å². The molecule has 0 spiro atoms. The number of piperidine rings is 2. The number of anilines is 1. The predicted molar refractivity (Wildman–Crippen MR) is 195 cm³/mol. The van der Waals surface area contributed by atoms with Gasteiger partial charge >= 0.3 is 11.9 Å².